The van der Waals surface area contributed by atoms with Gasteiger partial charge in [-0.15, -0.1) is 0 Å². The molecule has 1 aromatic rings. The van der Waals surface area contributed by atoms with Gasteiger partial charge in [0.1, 0.15) is 6.61 Å². The van der Waals surface area contributed by atoms with Crippen LogP contribution in [0.15, 0.2) is 36.9 Å². The number of hydrogen-bond acceptors (Lipinski definition) is 4. The Bertz CT molecular complexity index is 902. The van der Waals surface area contributed by atoms with Crippen LogP contribution in [-0.4, -0.2) is 51.0 Å². The Morgan fingerprint density at radius 3 is 2.47 bits per heavy atom. The Balaban J connectivity index is 2.29. The van der Waals surface area contributed by atoms with E-state index in [1.54, 1.807) is 0 Å². The number of anilines is 1. The van der Waals surface area contributed by atoms with E-state index in [1.165, 1.54) is 6.08 Å². The highest BCUT2D eigenvalue weighted by atomic mass is 28.4. The normalized spacial score (nSPS) is 16.8. The van der Waals surface area contributed by atoms with Gasteiger partial charge in [0.2, 0.25) is 0 Å². The number of nitrogens with zero attached hydrogens (tertiary/aromatic N) is 1. The first-order valence-corrected chi connectivity index (χ1v) is 13.9. The van der Waals surface area contributed by atoms with Gasteiger partial charge in [0.25, 0.3) is 5.91 Å². The van der Waals surface area contributed by atoms with Gasteiger partial charge in [0.15, 0.2) is 8.32 Å². The zero-order valence-corrected chi connectivity index (χ0v) is 21.6. The molecule has 1 fully saturated rings. The van der Waals surface area contributed by atoms with Crippen molar-refractivity contribution in [3.05, 3.63) is 53.6 Å². The minimum Gasteiger partial charge on any atom is -0.445 e. The predicted molar refractivity (Wildman–Crippen MR) is 133 cm³/mol. The fourth-order valence-electron chi connectivity index (χ4n) is 3.32. The van der Waals surface area contributed by atoms with Crippen molar-refractivity contribution in [1.82, 2.24) is 4.90 Å². The molecule has 7 heteroatoms. The number of nitrogens with one attached hydrogen (secondary N) is 1. The van der Waals surface area contributed by atoms with Crippen LogP contribution in [0.25, 0.3) is 0 Å². The van der Waals surface area contributed by atoms with Crippen molar-refractivity contribution < 1.29 is 18.8 Å². The molecule has 0 bridgehead atoms. The second-order valence-corrected chi connectivity index (χ2v) is 14.9. The maximum Gasteiger partial charge on any atom is 0.411 e. The zero-order valence-electron chi connectivity index (χ0n) is 20.6. The van der Waals surface area contributed by atoms with E-state index in [2.05, 4.69) is 52.3 Å². The van der Waals surface area contributed by atoms with Crippen LogP contribution in [0.3, 0.4) is 0 Å². The van der Waals surface area contributed by atoms with Crippen molar-refractivity contribution in [3.63, 3.8) is 0 Å². The number of hydrogen-bond donors (Lipinski definition) is 1. The van der Waals surface area contributed by atoms with Crippen molar-refractivity contribution in [3.8, 4) is 0 Å². The summed E-state index contributed by atoms with van der Waals surface area (Å²) in [6, 6.07) is 3.56. The summed E-state index contributed by atoms with van der Waals surface area (Å²) >= 11 is 0. The van der Waals surface area contributed by atoms with Crippen LogP contribution in [0.4, 0.5) is 10.5 Å². The van der Waals surface area contributed by atoms with E-state index in [0.717, 1.165) is 23.1 Å². The summed E-state index contributed by atoms with van der Waals surface area (Å²) in [6.45, 7) is 23.7. The van der Waals surface area contributed by atoms with Gasteiger partial charge in [-0.1, -0.05) is 45.6 Å². The molecule has 32 heavy (non-hydrogen) atoms. The molecular formula is C25H38N2O4Si. The fourth-order valence-corrected chi connectivity index (χ4v) is 4.36. The van der Waals surface area contributed by atoms with Crippen LogP contribution < -0.4 is 5.32 Å². The third-order valence-electron chi connectivity index (χ3n) is 6.50. The summed E-state index contributed by atoms with van der Waals surface area (Å²) in [6.07, 6.45) is 1.59. The first-order chi connectivity index (χ1) is 14.8. The third-order valence-corrected chi connectivity index (χ3v) is 11.0. The molecule has 1 saturated heterocycles. The molecule has 0 spiro atoms. The molecule has 1 aliphatic rings. The topological polar surface area (TPSA) is 67.9 Å². The molecule has 0 saturated carbocycles. The Hall–Kier alpha value is -2.38. The Morgan fingerprint density at radius 1 is 1.25 bits per heavy atom. The van der Waals surface area contributed by atoms with E-state index in [-0.39, 0.29) is 23.6 Å². The van der Waals surface area contributed by atoms with Gasteiger partial charge in [-0.3, -0.25) is 10.1 Å². The second kappa shape index (κ2) is 10.0. The molecule has 1 aromatic carbocycles. The van der Waals surface area contributed by atoms with Gasteiger partial charge in [-0.25, -0.2) is 4.79 Å². The van der Waals surface area contributed by atoms with E-state index < -0.39 is 14.4 Å². The maximum absolute atomic E-state index is 13.6. The molecule has 2 rings (SSSR count). The number of benzene rings is 1. The average molecular weight is 459 g/mol. The highest BCUT2D eigenvalue weighted by Crippen LogP contribution is 2.37. The number of likely N-dealkylation sites (tertiary alicyclic amines) is 1. The molecule has 2 amide bonds. The number of ether oxygens (including phenoxy) is 1. The Kier molecular flexibility index (Phi) is 8.12. The van der Waals surface area contributed by atoms with Crippen molar-refractivity contribution in [2.45, 2.75) is 65.2 Å². The number of rotatable bonds is 7. The fraction of sp³-hybridized carbons (Fsp3) is 0.520. The lowest BCUT2D eigenvalue weighted by atomic mass is 10.0. The Morgan fingerprint density at radius 2 is 1.88 bits per heavy atom. The smallest absolute Gasteiger partial charge is 0.411 e. The standard InChI is InChI=1S/C25H38N2O4Si/c1-10-11-30-24(29)26-22-14-19(4)18(3)13-21(22)23(28)27-15-17(2)12-20(27)16-31-32(8,9)25(5,6)7/h10,13-14,20H,1-2,11-12,15-16H2,3-9H3,(H,26,29)/t20-/m0/s1. The number of carbonyl (C=O) groups is 2. The number of carbonyl (C=O) groups excluding carboxylic acids is 2. The molecule has 0 aromatic heterocycles. The largest absolute Gasteiger partial charge is 0.445 e. The Labute approximate surface area is 193 Å². The molecule has 1 atom stereocenters. The zero-order chi connectivity index (χ0) is 24.3. The highest BCUT2D eigenvalue weighted by Gasteiger charge is 2.40. The van der Waals surface area contributed by atoms with Crippen LogP contribution in [0.1, 0.15) is 48.7 Å². The summed E-state index contributed by atoms with van der Waals surface area (Å²) in [5, 5.41) is 2.81. The summed E-state index contributed by atoms with van der Waals surface area (Å²) < 4.78 is 11.5. The van der Waals surface area contributed by atoms with Crippen LogP contribution >= 0.6 is 0 Å². The molecular weight excluding hydrogens is 420 g/mol. The van der Waals surface area contributed by atoms with Crippen LogP contribution in [0.5, 0.6) is 0 Å². The third kappa shape index (κ3) is 6.10. The lowest BCUT2D eigenvalue weighted by molar-refractivity contribution is 0.0686. The maximum atomic E-state index is 13.6. The lowest BCUT2D eigenvalue weighted by Crippen LogP contribution is -2.46. The summed E-state index contributed by atoms with van der Waals surface area (Å²) in [4.78, 5) is 27.6. The first kappa shape index (κ1) is 25.9. The molecule has 0 aliphatic carbocycles. The molecule has 6 nitrogen and oxygen atoms in total. The molecule has 0 radical (unpaired) electrons. The van der Waals surface area contributed by atoms with Gasteiger partial charge in [-0.05, 0) is 61.7 Å². The van der Waals surface area contributed by atoms with Crippen molar-refractivity contribution >= 4 is 26.0 Å². The summed E-state index contributed by atoms with van der Waals surface area (Å²) in [5.41, 5.74) is 3.84. The summed E-state index contributed by atoms with van der Waals surface area (Å²) in [7, 11) is -1.95. The van der Waals surface area contributed by atoms with Gasteiger partial charge < -0.3 is 14.1 Å². The van der Waals surface area contributed by atoms with Gasteiger partial charge in [0, 0.05) is 6.54 Å². The van der Waals surface area contributed by atoms with Gasteiger partial charge in [-0.2, -0.15) is 0 Å². The van der Waals surface area contributed by atoms with E-state index in [4.69, 9.17) is 9.16 Å². The van der Waals surface area contributed by atoms with Crippen molar-refractivity contribution in [2.24, 2.45) is 0 Å². The first-order valence-electron chi connectivity index (χ1n) is 11.0. The van der Waals surface area contributed by atoms with Gasteiger partial charge >= 0.3 is 6.09 Å². The molecule has 1 aliphatic heterocycles. The predicted octanol–water partition coefficient (Wildman–Crippen LogP) is 5.83. The quantitative estimate of drug-likeness (QED) is 0.412. The van der Waals surface area contributed by atoms with Gasteiger partial charge in [0.05, 0.1) is 23.9 Å². The van der Waals surface area contributed by atoms with E-state index >= 15 is 0 Å². The lowest BCUT2D eigenvalue weighted by Gasteiger charge is -2.38. The van der Waals surface area contributed by atoms with E-state index in [1.807, 2.05) is 30.9 Å². The minimum absolute atomic E-state index is 0.0775. The second-order valence-electron chi connectivity index (χ2n) is 10.1. The number of amides is 2. The van der Waals surface area contributed by atoms with E-state index in [0.29, 0.717) is 24.4 Å². The molecule has 176 valence electrons. The van der Waals surface area contributed by atoms with E-state index in [9.17, 15) is 9.59 Å². The monoisotopic (exact) mass is 458 g/mol. The minimum atomic E-state index is -1.95. The average Bonchev–Trinajstić information content (AvgIpc) is 3.06. The molecule has 1 heterocycles. The van der Waals surface area contributed by atoms with Crippen LogP contribution in [0.2, 0.25) is 18.1 Å². The SMILES string of the molecule is C=CCOC(=O)Nc1cc(C)c(C)cc1C(=O)N1CC(=C)C[C@H]1CO[Si](C)(C)C(C)(C)C. The molecule has 1 N–H and O–H groups in total. The van der Waals surface area contributed by atoms with Crippen LogP contribution in [0, 0.1) is 13.8 Å². The van der Waals surface area contributed by atoms with Crippen molar-refractivity contribution in [1.29, 1.82) is 0 Å². The highest BCUT2D eigenvalue weighted by molar-refractivity contribution is 6.74. The van der Waals surface area contributed by atoms with Crippen LogP contribution in [-0.2, 0) is 9.16 Å². The van der Waals surface area contributed by atoms with Crippen molar-refractivity contribution in [2.75, 3.05) is 25.1 Å². The summed E-state index contributed by atoms with van der Waals surface area (Å²) in [5.74, 6) is -0.144. The molecule has 0 unspecified atom stereocenters. The number of aryl methyl sites for hydroxylation is 2.